The third-order valence-electron chi connectivity index (χ3n) is 13.6. The summed E-state index contributed by atoms with van der Waals surface area (Å²) in [5.41, 5.74) is 21.7. The smallest absolute Gasteiger partial charge is 0.00197 e. The number of hydrogen-bond donors (Lipinski definition) is 0. The molecule has 0 amide bonds. The minimum absolute atomic E-state index is 0.391. The van der Waals surface area contributed by atoms with E-state index < -0.39 is 0 Å². The molecule has 0 aliphatic carbocycles. The molecule has 0 aliphatic rings. The first-order valence-corrected chi connectivity index (χ1v) is 22.4. The third-order valence-corrected chi connectivity index (χ3v) is 13.6. The normalized spacial score (nSPS) is 12.3. The molecule has 300 valence electrons. The molecule has 0 unspecified atom stereocenters. The van der Waals surface area contributed by atoms with Crippen LogP contribution in [0.3, 0.4) is 0 Å². The molecule has 0 atom stereocenters. The van der Waals surface area contributed by atoms with Crippen LogP contribution in [-0.2, 0) is 0 Å². The van der Waals surface area contributed by atoms with Gasteiger partial charge >= 0.3 is 0 Å². The summed E-state index contributed by atoms with van der Waals surface area (Å²) >= 11 is 0. The number of benzene rings is 9. The van der Waals surface area contributed by atoms with Crippen LogP contribution < -0.4 is 0 Å². The lowest BCUT2D eigenvalue weighted by Crippen LogP contribution is -2.01. The summed E-state index contributed by atoms with van der Waals surface area (Å²) in [7, 11) is 0. The lowest BCUT2D eigenvalue weighted by atomic mass is 9.78. The number of hydrogen-bond acceptors (Lipinski definition) is 0. The average Bonchev–Trinajstić information content (AvgIpc) is 3.22. The lowest BCUT2D eigenvalue weighted by molar-refractivity contribution is 0.838. The molecule has 0 radical (unpaired) electrons. The van der Waals surface area contributed by atoms with Crippen molar-refractivity contribution in [2.75, 3.05) is 0 Å². The molecule has 9 aromatic rings. The van der Waals surface area contributed by atoms with Crippen LogP contribution in [0.2, 0.25) is 0 Å². The second kappa shape index (κ2) is 15.1. The van der Waals surface area contributed by atoms with E-state index in [1.165, 1.54) is 132 Å². The predicted octanol–water partition coefficient (Wildman–Crippen LogP) is 18.1. The Kier molecular flexibility index (Phi) is 9.98. The van der Waals surface area contributed by atoms with Crippen molar-refractivity contribution in [3.05, 3.63) is 166 Å². The molecule has 0 bridgehead atoms. The molecule has 0 nitrogen and oxygen atoms in total. The Morgan fingerprint density at radius 1 is 0.283 bits per heavy atom. The van der Waals surface area contributed by atoms with Gasteiger partial charge in [-0.25, -0.2) is 0 Å². The monoisotopic (exact) mass is 780 g/mol. The number of rotatable bonds is 8. The zero-order valence-electron chi connectivity index (χ0n) is 37.9. The van der Waals surface area contributed by atoms with Gasteiger partial charge < -0.3 is 0 Å². The van der Waals surface area contributed by atoms with Crippen molar-refractivity contribution in [1.82, 2.24) is 0 Å². The van der Waals surface area contributed by atoms with Crippen LogP contribution in [0.15, 0.2) is 121 Å². The summed E-state index contributed by atoms with van der Waals surface area (Å²) < 4.78 is 0. The van der Waals surface area contributed by atoms with Gasteiger partial charge in [-0.05, 0) is 208 Å². The van der Waals surface area contributed by atoms with E-state index in [9.17, 15) is 0 Å². The van der Waals surface area contributed by atoms with Gasteiger partial charge in [-0.3, -0.25) is 0 Å². The standard InChI is InChI=1S/C60H60/c1-33(2)43-21-15-22-44(34(3)4)57(43)41-29-51-47(55-37(9)17-13-18-38(55)10)25-28-50-54-32-42(58-45(35(5)6)23-16-24-46(58)36(7)8)30-52-48(56-39(11)19-14-20-40(56)12)26-27-49(60(52)54)53(31-41)59(50)51/h13-36H,1-12H3. The predicted molar refractivity (Wildman–Crippen MR) is 265 cm³/mol. The fraction of sp³-hybridized carbons (Fsp3) is 0.267. The van der Waals surface area contributed by atoms with E-state index >= 15 is 0 Å². The molecule has 0 saturated heterocycles. The topological polar surface area (TPSA) is 0 Å². The van der Waals surface area contributed by atoms with Gasteiger partial charge in [0.25, 0.3) is 0 Å². The molecule has 0 fully saturated rings. The van der Waals surface area contributed by atoms with Crippen molar-refractivity contribution in [3.63, 3.8) is 0 Å². The zero-order chi connectivity index (χ0) is 42.3. The fourth-order valence-corrected chi connectivity index (χ4v) is 10.8. The summed E-state index contributed by atoms with van der Waals surface area (Å²) in [6.45, 7) is 27.9. The van der Waals surface area contributed by atoms with Crippen LogP contribution in [0.5, 0.6) is 0 Å². The quantitative estimate of drug-likeness (QED) is 0.106. The molecule has 0 N–H and O–H groups in total. The summed E-state index contributed by atoms with van der Waals surface area (Å²) in [4.78, 5) is 0. The van der Waals surface area contributed by atoms with E-state index in [0.29, 0.717) is 23.7 Å². The minimum atomic E-state index is 0.391. The van der Waals surface area contributed by atoms with E-state index in [2.05, 4.69) is 204 Å². The third kappa shape index (κ3) is 6.25. The number of fused-ring (bicyclic) bond motifs is 2. The van der Waals surface area contributed by atoms with Gasteiger partial charge in [-0.2, -0.15) is 0 Å². The molecule has 60 heavy (non-hydrogen) atoms. The maximum Gasteiger partial charge on any atom is -0.00197 e. The number of aryl methyl sites for hydroxylation is 4. The maximum absolute atomic E-state index is 2.56. The van der Waals surface area contributed by atoms with Gasteiger partial charge in [0.2, 0.25) is 0 Å². The van der Waals surface area contributed by atoms with Gasteiger partial charge in [0.15, 0.2) is 0 Å². The molecule has 0 heteroatoms. The lowest BCUT2D eigenvalue weighted by Gasteiger charge is -2.25. The van der Waals surface area contributed by atoms with E-state index in [0.717, 1.165) is 0 Å². The van der Waals surface area contributed by atoms with Gasteiger partial charge in [0, 0.05) is 0 Å². The van der Waals surface area contributed by atoms with Gasteiger partial charge in [-0.15, -0.1) is 0 Å². The van der Waals surface area contributed by atoms with Crippen molar-refractivity contribution in [2.45, 2.75) is 107 Å². The van der Waals surface area contributed by atoms with Crippen molar-refractivity contribution in [2.24, 2.45) is 0 Å². The Hall–Kier alpha value is -5.72. The van der Waals surface area contributed by atoms with Crippen LogP contribution in [0.1, 0.15) is 124 Å². The molecule has 0 aliphatic heterocycles. The molecule has 0 saturated carbocycles. The summed E-state index contributed by atoms with van der Waals surface area (Å²) in [5, 5.41) is 10.7. The van der Waals surface area contributed by atoms with Crippen molar-refractivity contribution in [3.8, 4) is 44.5 Å². The highest BCUT2D eigenvalue weighted by molar-refractivity contribution is 6.36. The summed E-state index contributed by atoms with van der Waals surface area (Å²) in [6.07, 6.45) is 0. The SMILES string of the molecule is Cc1cccc(C)c1-c1ccc2c3cc(-c4c(C(C)C)cccc4C(C)C)cc4c(-c5c(C)cccc5C)ccc(c5cc(-c6c(C(C)C)cccc6C(C)C)cc1c25)c43. The van der Waals surface area contributed by atoms with Crippen LogP contribution in [-0.4, -0.2) is 0 Å². The summed E-state index contributed by atoms with van der Waals surface area (Å²) in [5.74, 6) is 1.56. The molecule has 0 aromatic heterocycles. The Morgan fingerprint density at radius 3 is 0.867 bits per heavy atom. The zero-order valence-corrected chi connectivity index (χ0v) is 37.9. The Morgan fingerprint density at radius 2 is 0.567 bits per heavy atom. The molecule has 0 spiro atoms. The largest absolute Gasteiger partial charge is 0.0617 e. The summed E-state index contributed by atoms with van der Waals surface area (Å²) in [6, 6.07) is 47.5. The van der Waals surface area contributed by atoms with Crippen LogP contribution in [0.25, 0.3) is 87.6 Å². The first-order chi connectivity index (χ1) is 28.8. The van der Waals surface area contributed by atoms with Crippen molar-refractivity contribution >= 4 is 43.1 Å². The van der Waals surface area contributed by atoms with Crippen molar-refractivity contribution < 1.29 is 0 Å². The van der Waals surface area contributed by atoms with Gasteiger partial charge in [0.1, 0.15) is 0 Å². The minimum Gasteiger partial charge on any atom is -0.0617 e. The highest BCUT2D eigenvalue weighted by atomic mass is 14.3. The van der Waals surface area contributed by atoms with Crippen LogP contribution >= 0.6 is 0 Å². The Labute approximate surface area is 358 Å². The molecular weight excluding hydrogens is 721 g/mol. The maximum atomic E-state index is 2.56. The van der Waals surface area contributed by atoms with E-state index in [1.54, 1.807) is 0 Å². The molecular formula is C60H60. The van der Waals surface area contributed by atoms with E-state index in [-0.39, 0.29) is 0 Å². The van der Waals surface area contributed by atoms with Crippen LogP contribution in [0.4, 0.5) is 0 Å². The first kappa shape index (κ1) is 39.7. The fourth-order valence-electron chi connectivity index (χ4n) is 10.8. The second-order valence-electron chi connectivity index (χ2n) is 19.0. The van der Waals surface area contributed by atoms with Crippen LogP contribution in [0, 0.1) is 27.7 Å². The van der Waals surface area contributed by atoms with E-state index in [1.807, 2.05) is 0 Å². The van der Waals surface area contributed by atoms with Gasteiger partial charge in [-0.1, -0.05) is 152 Å². The van der Waals surface area contributed by atoms with Crippen molar-refractivity contribution in [1.29, 1.82) is 0 Å². The Bertz CT molecular complexity index is 2820. The molecule has 9 rings (SSSR count). The highest BCUT2D eigenvalue weighted by Crippen LogP contribution is 2.51. The average molecular weight is 781 g/mol. The van der Waals surface area contributed by atoms with E-state index in [4.69, 9.17) is 0 Å². The molecule has 0 heterocycles. The van der Waals surface area contributed by atoms with Gasteiger partial charge in [0.05, 0.1) is 0 Å². The molecule has 9 aromatic carbocycles. The first-order valence-electron chi connectivity index (χ1n) is 22.4. The second-order valence-corrected chi connectivity index (χ2v) is 19.0. The highest BCUT2D eigenvalue weighted by Gasteiger charge is 2.25. The Balaban J connectivity index is 1.54.